The molecule has 4 bridgehead atoms. The Morgan fingerprint density at radius 3 is 2.21 bits per heavy atom. The van der Waals surface area contributed by atoms with Crippen molar-refractivity contribution in [2.24, 2.45) is 17.8 Å². The topological polar surface area (TPSA) is 38.3 Å². The van der Waals surface area contributed by atoms with E-state index in [2.05, 4.69) is 41.7 Å². The van der Waals surface area contributed by atoms with Crippen LogP contribution in [0.4, 0.5) is 5.69 Å². The number of amides is 1. The number of hydrogen-bond acceptors (Lipinski definition) is 2. The fraction of sp³-hybridized carbons (Fsp3) is 0.433. The average molecular weight is 440 g/mol. The predicted molar refractivity (Wildman–Crippen MR) is 134 cm³/mol. The number of carbonyl (C=O) groups excluding carboxylic acids is 1. The maximum absolute atomic E-state index is 13.1. The van der Waals surface area contributed by atoms with Gasteiger partial charge in [-0.15, -0.1) is 0 Å². The quantitative estimate of drug-likeness (QED) is 0.445. The summed E-state index contributed by atoms with van der Waals surface area (Å²) in [7, 11) is 0. The van der Waals surface area contributed by atoms with E-state index in [1.807, 2.05) is 37.3 Å². The molecule has 1 atom stereocenters. The van der Waals surface area contributed by atoms with Gasteiger partial charge < -0.3 is 10.1 Å². The van der Waals surface area contributed by atoms with E-state index < -0.39 is 6.10 Å². The monoisotopic (exact) mass is 439 g/mol. The Kier molecular flexibility index (Phi) is 5.16. The predicted octanol–water partition coefficient (Wildman–Crippen LogP) is 7.10. The lowest BCUT2D eigenvalue weighted by atomic mass is 9.48. The summed E-state index contributed by atoms with van der Waals surface area (Å²) in [5, 5.41) is 5.25. The van der Waals surface area contributed by atoms with Gasteiger partial charge in [-0.25, -0.2) is 0 Å². The van der Waals surface area contributed by atoms with Gasteiger partial charge in [-0.1, -0.05) is 55.5 Å². The third-order valence-electron chi connectivity index (χ3n) is 8.49. The summed E-state index contributed by atoms with van der Waals surface area (Å²) in [6.07, 6.45) is 8.55. The number of rotatable bonds is 6. The highest BCUT2D eigenvalue weighted by Gasteiger charge is 2.51. The van der Waals surface area contributed by atoms with Crippen LogP contribution in [0.15, 0.2) is 66.7 Å². The van der Waals surface area contributed by atoms with E-state index in [9.17, 15) is 4.79 Å². The molecule has 4 aliphatic rings. The summed E-state index contributed by atoms with van der Waals surface area (Å²) in [6.45, 7) is 1.99. The van der Waals surface area contributed by atoms with Gasteiger partial charge in [0, 0.05) is 11.1 Å². The largest absolute Gasteiger partial charge is 0.480 e. The van der Waals surface area contributed by atoms with Gasteiger partial charge in [-0.3, -0.25) is 4.79 Å². The summed E-state index contributed by atoms with van der Waals surface area (Å²) >= 11 is 0. The van der Waals surface area contributed by atoms with E-state index in [1.54, 1.807) is 0 Å². The zero-order valence-corrected chi connectivity index (χ0v) is 19.4. The van der Waals surface area contributed by atoms with Crippen molar-refractivity contribution in [3.63, 3.8) is 0 Å². The van der Waals surface area contributed by atoms with Gasteiger partial charge in [-0.2, -0.15) is 0 Å². The van der Waals surface area contributed by atoms with E-state index in [1.165, 1.54) is 44.1 Å². The van der Waals surface area contributed by atoms with Crippen LogP contribution in [0.3, 0.4) is 0 Å². The molecule has 0 heterocycles. The second-order valence-electron chi connectivity index (χ2n) is 10.8. The minimum Gasteiger partial charge on any atom is -0.480 e. The molecule has 33 heavy (non-hydrogen) atoms. The highest BCUT2D eigenvalue weighted by molar-refractivity contribution is 5.95. The third kappa shape index (κ3) is 3.82. The van der Waals surface area contributed by atoms with Gasteiger partial charge >= 0.3 is 0 Å². The van der Waals surface area contributed by atoms with Gasteiger partial charge in [0.1, 0.15) is 5.75 Å². The highest BCUT2D eigenvalue weighted by Crippen LogP contribution is 2.60. The highest BCUT2D eigenvalue weighted by atomic mass is 16.5. The molecule has 1 N–H and O–H groups in total. The number of carbonyl (C=O) groups is 1. The summed E-state index contributed by atoms with van der Waals surface area (Å²) in [5.41, 5.74) is 2.73. The fourth-order valence-electron chi connectivity index (χ4n) is 7.37. The lowest BCUT2D eigenvalue weighted by molar-refractivity contribution is -0.122. The van der Waals surface area contributed by atoms with Gasteiger partial charge in [0.25, 0.3) is 5.91 Å². The van der Waals surface area contributed by atoms with Gasteiger partial charge in [0.2, 0.25) is 0 Å². The molecule has 1 amide bonds. The average Bonchev–Trinajstić information content (AvgIpc) is 2.82. The summed E-state index contributed by atoms with van der Waals surface area (Å²) in [4.78, 5) is 13.1. The fourth-order valence-corrected chi connectivity index (χ4v) is 7.37. The van der Waals surface area contributed by atoms with Crippen molar-refractivity contribution in [1.82, 2.24) is 0 Å². The SMILES string of the molecule is CC[C@H](Oc1cccc2ccccc12)C(=O)Nc1ccc(C23CC4CC(CC(C4)C2)C3)cc1. The van der Waals surface area contributed by atoms with Crippen molar-refractivity contribution >= 4 is 22.4 Å². The third-order valence-corrected chi connectivity index (χ3v) is 8.49. The molecule has 0 unspecified atom stereocenters. The normalized spacial score (nSPS) is 28.6. The first-order chi connectivity index (χ1) is 16.1. The number of benzene rings is 3. The van der Waals surface area contributed by atoms with Crippen LogP contribution < -0.4 is 10.1 Å². The van der Waals surface area contributed by atoms with Crippen LogP contribution in [-0.2, 0) is 10.2 Å². The number of fused-ring (bicyclic) bond motifs is 1. The van der Waals surface area contributed by atoms with E-state index in [-0.39, 0.29) is 5.91 Å². The molecule has 0 aliphatic heterocycles. The molecule has 0 spiro atoms. The van der Waals surface area contributed by atoms with Crippen LogP contribution in [0, 0.1) is 17.8 Å². The Labute approximate surface area is 196 Å². The van der Waals surface area contributed by atoms with Crippen LogP contribution in [0.1, 0.15) is 57.4 Å². The second kappa shape index (κ2) is 8.20. The Morgan fingerprint density at radius 1 is 0.909 bits per heavy atom. The lowest BCUT2D eigenvalue weighted by Gasteiger charge is -2.57. The van der Waals surface area contributed by atoms with Crippen molar-refractivity contribution in [2.45, 2.75) is 63.4 Å². The molecule has 7 rings (SSSR count). The molecular formula is C30H33NO2. The van der Waals surface area contributed by atoms with Crippen molar-refractivity contribution in [3.8, 4) is 5.75 Å². The van der Waals surface area contributed by atoms with Crippen LogP contribution in [-0.4, -0.2) is 12.0 Å². The molecule has 3 heteroatoms. The van der Waals surface area contributed by atoms with E-state index >= 15 is 0 Å². The molecule has 4 saturated carbocycles. The van der Waals surface area contributed by atoms with Crippen molar-refractivity contribution in [3.05, 3.63) is 72.3 Å². The van der Waals surface area contributed by atoms with Crippen molar-refractivity contribution in [1.29, 1.82) is 0 Å². The first-order valence-electron chi connectivity index (χ1n) is 12.7. The van der Waals surface area contributed by atoms with Crippen LogP contribution in [0.25, 0.3) is 10.8 Å². The van der Waals surface area contributed by atoms with Gasteiger partial charge in [0.15, 0.2) is 6.10 Å². The molecular weight excluding hydrogens is 406 g/mol. The molecule has 170 valence electrons. The standard InChI is InChI=1S/C30H33NO2/c1-2-27(33-28-9-5-7-23-6-3-4-8-26(23)28)29(32)31-25-12-10-24(11-13-25)30-17-20-14-21(18-30)16-22(15-20)19-30/h3-13,20-22,27H,2,14-19H2,1H3,(H,31,32)/t20?,21?,22?,27-,30?/m0/s1. The summed E-state index contributed by atoms with van der Waals surface area (Å²) < 4.78 is 6.19. The Hall–Kier alpha value is -2.81. The summed E-state index contributed by atoms with van der Waals surface area (Å²) in [6, 6.07) is 22.8. The minimum atomic E-state index is -0.529. The maximum atomic E-state index is 13.1. The Morgan fingerprint density at radius 2 is 1.55 bits per heavy atom. The molecule has 0 aromatic heterocycles. The van der Waals surface area contributed by atoms with Crippen LogP contribution in [0.5, 0.6) is 5.75 Å². The van der Waals surface area contributed by atoms with Crippen LogP contribution in [0.2, 0.25) is 0 Å². The van der Waals surface area contributed by atoms with Crippen molar-refractivity contribution < 1.29 is 9.53 Å². The van der Waals surface area contributed by atoms with E-state index in [0.29, 0.717) is 11.8 Å². The van der Waals surface area contributed by atoms with Gasteiger partial charge in [-0.05, 0) is 97.3 Å². The van der Waals surface area contributed by atoms with Gasteiger partial charge in [0.05, 0.1) is 0 Å². The Balaban J connectivity index is 1.16. The Bertz CT molecular complexity index is 1120. The molecule has 0 radical (unpaired) electrons. The molecule has 3 aromatic rings. The zero-order valence-electron chi connectivity index (χ0n) is 19.4. The second-order valence-corrected chi connectivity index (χ2v) is 10.8. The van der Waals surface area contributed by atoms with Crippen molar-refractivity contribution in [2.75, 3.05) is 5.32 Å². The molecule has 3 aromatic carbocycles. The number of hydrogen-bond donors (Lipinski definition) is 1. The molecule has 0 saturated heterocycles. The first-order valence-corrected chi connectivity index (χ1v) is 12.7. The number of nitrogens with one attached hydrogen (secondary N) is 1. The zero-order chi connectivity index (χ0) is 22.4. The lowest BCUT2D eigenvalue weighted by Crippen LogP contribution is -2.48. The molecule has 4 fully saturated rings. The number of anilines is 1. The first kappa shape index (κ1) is 20.8. The smallest absolute Gasteiger partial charge is 0.265 e. The maximum Gasteiger partial charge on any atom is 0.265 e. The van der Waals surface area contributed by atoms with E-state index in [4.69, 9.17) is 4.74 Å². The van der Waals surface area contributed by atoms with Crippen LogP contribution >= 0.6 is 0 Å². The molecule has 3 nitrogen and oxygen atoms in total. The molecule has 4 aliphatic carbocycles. The minimum absolute atomic E-state index is 0.0898. The number of ether oxygens (including phenoxy) is 1. The summed E-state index contributed by atoms with van der Waals surface area (Å²) in [5.74, 6) is 3.48. The van der Waals surface area contributed by atoms with E-state index in [0.717, 1.165) is 40.0 Å².